The quantitative estimate of drug-likeness (QED) is 0.902. The highest BCUT2D eigenvalue weighted by atomic mass is 32.1. The molecule has 1 unspecified atom stereocenters. The summed E-state index contributed by atoms with van der Waals surface area (Å²) in [5.74, 6) is 0.808. The molecular weight excluding hydrogens is 234 g/mol. The smallest absolute Gasteiger partial charge is 0.151 e. The molecule has 0 aromatic carbocycles. The second-order valence-electron chi connectivity index (χ2n) is 3.84. The van der Waals surface area contributed by atoms with Gasteiger partial charge in [-0.2, -0.15) is 5.10 Å². The molecule has 1 atom stereocenters. The SMILES string of the molecule is CC(c1cccs1)N(C)c1ccc(CO)nn1. The summed E-state index contributed by atoms with van der Waals surface area (Å²) in [6, 6.07) is 8.10. The van der Waals surface area contributed by atoms with E-state index in [0.717, 1.165) is 5.82 Å². The van der Waals surface area contributed by atoms with E-state index in [4.69, 9.17) is 5.11 Å². The predicted octanol–water partition coefficient (Wildman–Crippen LogP) is 2.23. The number of thiophene rings is 1. The zero-order chi connectivity index (χ0) is 12.3. The Kier molecular flexibility index (Phi) is 3.71. The number of aliphatic hydroxyl groups excluding tert-OH is 1. The highest BCUT2D eigenvalue weighted by Gasteiger charge is 2.14. The van der Waals surface area contributed by atoms with Gasteiger partial charge in [0.2, 0.25) is 0 Å². The van der Waals surface area contributed by atoms with Crippen LogP contribution in [0.2, 0.25) is 0 Å². The van der Waals surface area contributed by atoms with Gasteiger partial charge in [0.25, 0.3) is 0 Å². The number of aliphatic hydroxyl groups is 1. The fourth-order valence-corrected chi connectivity index (χ4v) is 2.37. The van der Waals surface area contributed by atoms with Gasteiger partial charge < -0.3 is 10.0 Å². The maximum absolute atomic E-state index is 8.91. The van der Waals surface area contributed by atoms with Crippen molar-refractivity contribution in [2.45, 2.75) is 19.6 Å². The molecular formula is C12H15N3OS. The first-order chi connectivity index (χ1) is 8.22. The van der Waals surface area contributed by atoms with E-state index < -0.39 is 0 Å². The summed E-state index contributed by atoms with van der Waals surface area (Å²) in [7, 11) is 1.99. The molecule has 0 aliphatic carbocycles. The van der Waals surface area contributed by atoms with Crippen molar-refractivity contribution in [2.24, 2.45) is 0 Å². The first-order valence-corrected chi connectivity index (χ1v) is 6.30. The Labute approximate surface area is 105 Å². The van der Waals surface area contributed by atoms with Crippen LogP contribution in [0.25, 0.3) is 0 Å². The normalized spacial score (nSPS) is 12.4. The summed E-state index contributed by atoms with van der Waals surface area (Å²) in [5.41, 5.74) is 0.589. The van der Waals surface area contributed by atoms with Gasteiger partial charge in [-0.1, -0.05) is 6.07 Å². The molecule has 2 aromatic rings. The Morgan fingerprint density at radius 1 is 1.35 bits per heavy atom. The van der Waals surface area contributed by atoms with Gasteiger partial charge in [-0.25, -0.2) is 0 Å². The van der Waals surface area contributed by atoms with E-state index in [9.17, 15) is 0 Å². The summed E-state index contributed by atoms with van der Waals surface area (Å²) in [6.07, 6.45) is 0. The van der Waals surface area contributed by atoms with E-state index in [1.807, 2.05) is 19.2 Å². The number of hydrogen-bond donors (Lipinski definition) is 1. The standard InChI is InChI=1S/C12H15N3OS/c1-9(11-4-3-7-17-11)15(2)12-6-5-10(8-16)13-14-12/h3-7,9,16H,8H2,1-2H3. The third kappa shape index (κ3) is 2.62. The average molecular weight is 249 g/mol. The molecule has 2 rings (SSSR count). The van der Waals surface area contributed by atoms with Crippen LogP contribution in [0.15, 0.2) is 29.6 Å². The van der Waals surface area contributed by atoms with Crippen LogP contribution in [0.4, 0.5) is 5.82 Å². The van der Waals surface area contributed by atoms with Crippen LogP contribution in [0.1, 0.15) is 23.5 Å². The van der Waals surface area contributed by atoms with E-state index in [1.54, 1.807) is 17.4 Å². The molecule has 17 heavy (non-hydrogen) atoms. The molecule has 0 aliphatic rings. The highest BCUT2D eigenvalue weighted by Crippen LogP contribution is 2.26. The van der Waals surface area contributed by atoms with Crippen molar-refractivity contribution >= 4 is 17.2 Å². The van der Waals surface area contributed by atoms with Crippen LogP contribution >= 0.6 is 11.3 Å². The third-order valence-corrected chi connectivity index (χ3v) is 3.81. The molecule has 0 aliphatic heterocycles. The Balaban J connectivity index is 2.16. The Morgan fingerprint density at radius 2 is 2.18 bits per heavy atom. The summed E-state index contributed by atoms with van der Waals surface area (Å²) in [5, 5.41) is 19.0. The molecule has 4 nitrogen and oxygen atoms in total. The Morgan fingerprint density at radius 3 is 2.71 bits per heavy atom. The van der Waals surface area contributed by atoms with Crippen LogP contribution in [0.5, 0.6) is 0 Å². The van der Waals surface area contributed by atoms with E-state index >= 15 is 0 Å². The number of aromatic nitrogens is 2. The number of anilines is 1. The molecule has 0 fully saturated rings. The predicted molar refractivity (Wildman–Crippen MR) is 69.1 cm³/mol. The van der Waals surface area contributed by atoms with Crippen molar-refractivity contribution in [1.29, 1.82) is 0 Å². The maximum atomic E-state index is 8.91. The minimum atomic E-state index is -0.0720. The molecule has 90 valence electrons. The maximum Gasteiger partial charge on any atom is 0.151 e. The van der Waals surface area contributed by atoms with Crippen LogP contribution in [-0.2, 0) is 6.61 Å². The minimum Gasteiger partial charge on any atom is -0.390 e. The molecule has 1 N–H and O–H groups in total. The number of rotatable bonds is 4. The first-order valence-electron chi connectivity index (χ1n) is 5.42. The van der Waals surface area contributed by atoms with Gasteiger partial charge in [0.15, 0.2) is 5.82 Å². The van der Waals surface area contributed by atoms with Crippen LogP contribution in [0.3, 0.4) is 0 Å². The lowest BCUT2D eigenvalue weighted by atomic mass is 10.2. The summed E-state index contributed by atoms with van der Waals surface area (Å²) >= 11 is 1.73. The molecule has 0 bridgehead atoms. The van der Waals surface area contributed by atoms with E-state index in [-0.39, 0.29) is 12.6 Å². The topological polar surface area (TPSA) is 49.2 Å². The summed E-state index contributed by atoms with van der Waals surface area (Å²) in [6.45, 7) is 2.06. The summed E-state index contributed by atoms with van der Waals surface area (Å²) in [4.78, 5) is 3.36. The fraction of sp³-hybridized carbons (Fsp3) is 0.333. The largest absolute Gasteiger partial charge is 0.390 e. The molecule has 2 heterocycles. The van der Waals surface area contributed by atoms with E-state index in [2.05, 4.69) is 33.5 Å². The Hall–Kier alpha value is -1.46. The lowest BCUT2D eigenvalue weighted by Gasteiger charge is -2.24. The molecule has 0 spiro atoms. The molecule has 0 radical (unpaired) electrons. The van der Waals surface area contributed by atoms with Gasteiger partial charge >= 0.3 is 0 Å². The number of hydrogen-bond acceptors (Lipinski definition) is 5. The van der Waals surface area contributed by atoms with Crippen LogP contribution in [-0.4, -0.2) is 22.4 Å². The molecule has 0 saturated heterocycles. The van der Waals surface area contributed by atoms with E-state index in [0.29, 0.717) is 5.69 Å². The first kappa shape index (κ1) is 12.0. The zero-order valence-corrected chi connectivity index (χ0v) is 10.7. The van der Waals surface area contributed by atoms with Gasteiger partial charge in [-0.3, -0.25) is 0 Å². The second kappa shape index (κ2) is 5.25. The van der Waals surface area contributed by atoms with Gasteiger partial charge in [0, 0.05) is 11.9 Å². The van der Waals surface area contributed by atoms with Gasteiger partial charge in [-0.15, -0.1) is 16.4 Å². The lowest BCUT2D eigenvalue weighted by Crippen LogP contribution is -2.22. The fourth-order valence-electron chi connectivity index (χ4n) is 1.54. The van der Waals surface area contributed by atoms with Crippen molar-refractivity contribution in [1.82, 2.24) is 10.2 Å². The van der Waals surface area contributed by atoms with Crippen molar-refractivity contribution < 1.29 is 5.11 Å². The zero-order valence-electron chi connectivity index (χ0n) is 9.87. The monoisotopic (exact) mass is 249 g/mol. The molecule has 0 amide bonds. The Bertz CT molecular complexity index is 455. The van der Waals surface area contributed by atoms with Gasteiger partial charge in [0.05, 0.1) is 18.3 Å². The van der Waals surface area contributed by atoms with Crippen molar-refractivity contribution in [3.05, 3.63) is 40.2 Å². The average Bonchev–Trinajstić information content (AvgIpc) is 2.91. The molecule has 5 heteroatoms. The van der Waals surface area contributed by atoms with E-state index in [1.165, 1.54) is 4.88 Å². The lowest BCUT2D eigenvalue weighted by molar-refractivity contribution is 0.275. The van der Waals surface area contributed by atoms with Crippen molar-refractivity contribution in [3.63, 3.8) is 0 Å². The minimum absolute atomic E-state index is 0.0720. The van der Waals surface area contributed by atoms with Crippen molar-refractivity contribution in [2.75, 3.05) is 11.9 Å². The van der Waals surface area contributed by atoms with Gasteiger partial charge in [0.1, 0.15) is 0 Å². The van der Waals surface area contributed by atoms with Crippen molar-refractivity contribution in [3.8, 4) is 0 Å². The third-order valence-electron chi connectivity index (χ3n) is 2.76. The van der Waals surface area contributed by atoms with Gasteiger partial charge in [-0.05, 0) is 30.5 Å². The second-order valence-corrected chi connectivity index (χ2v) is 4.82. The number of nitrogens with zero attached hydrogens (tertiary/aromatic N) is 3. The summed E-state index contributed by atoms with van der Waals surface area (Å²) < 4.78 is 0. The molecule has 0 saturated carbocycles. The molecule has 2 aromatic heterocycles. The highest BCUT2D eigenvalue weighted by molar-refractivity contribution is 7.10. The van der Waals surface area contributed by atoms with Crippen LogP contribution < -0.4 is 4.90 Å². The van der Waals surface area contributed by atoms with Crippen LogP contribution in [0, 0.1) is 0 Å².